The highest BCUT2D eigenvalue weighted by atomic mass is 16.4. The minimum absolute atomic E-state index is 0.122. The molecule has 8 nitrogen and oxygen atoms in total. The minimum Gasteiger partial charge on any atom is -0.480 e. The van der Waals surface area contributed by atoms with E-state index >= 15 is 0 Å². The summed E-state index contributed by atoms with van der Waals surface area (Å²) in [5, 5.41) is 21.4. The van der Waals surface area contributed by atoms with Gasteiger partial charge in [0.25, 0.3) is 0 Å². The van der Waals surface area contributed by atoms with Crippen LogP contribution in [0.2, 0.25) is 0 Å². The first-order chi connectivity index (χ1) is 11.6. The molecule has 24 heavy (non-hydrogen) atoms. The molecule has 1 N–H and O–H groups in total. The number of carboxylic acids is 1. The van der Waals surface area contributed by atoms with Gasteiger partial charge in [0.15, 0.2) is 0 Å². The Morgan fingerprint density at radius 2 is 2.04 bits per heavy atom. The van der Waals surface area contributed by atoms with Crippen molar-refractivity contribution in [2.75, 3.05) is 6.54 Å². The summed E-state index contributed by atoms with van der Waals surface area (Å²) in [6, 6.07) is 8.87. The second kappa shape index (κ2) is 7.20. The van der Waals surface area contributed by atoms with Gasteiger partial charge in [0.05, 0.1) is 6.54 Å². The molecule has 1 saturated heterocycles. The van der Waals surface area contributed by atoms with Crippen LogP contribution in [0.5, 0.6) is 0 Å². The average molecular weight is 329 g/mol. The van der Waals surface area contributed by atoms with Crippen LogP contribution in [0, 0.1) is 0 Å². The molecule has 3 rings (SSSR count). The zero-order chi connectivity index (χ0) is 16.9. The Labute approximate surface area is 139 Å². The van der Waals surface area contributed by atoms with Gasteiger partial charge in [-0.2, -0.15) is 4.80 Å². The van der Waals surface area contributed by atoms with Gasteiger partial charge in [0.1, 0.15) is 6.04 Å². The van der Waals surface area contributed by atoms with Gasteiger partial charge < -0.3 is 10.0 Å². The number of hydrogen-bond acceptors (Lipinski definition) is 5. The lowest BCUT2D eigenvalue weighted by atomic mass is 10.2. The number of nitrogens with zero attached hydrogens (tertiary/aromatic N) is 5. The molecular formula is C16H19N5O3. The first-order valence-corrected chi connectivity index (χ1v) is 8.00. The predicted octanol–water partition coefficient (Wildman–Crippen LogP) is 1.20. The van der Waals surface area contributed by atoms with Crippen molar-refractivity contribution in [3.8, 4) is 11.4 Å². The van der Waals surface area contributed by atoms with Crippen molar-refractivity contribution in [1.29, 1.82) is 0 Å². The molecule has 1 aliphatic heterocycles. The van der Waals surface area contributed by atoms with E-state index < -0.39 is 12.0 Å². The molecule has 0 radical (unpaired) electrons. The van der Waals surface area contributed by atoms with Crippen LogP contribution in [0.15, 0.2) is 30.3 Å². The lowest BCUT2D eigenvalue weighted by Gasteiger charge is -2.21. The fourth-order valence-electron chi connectivity index (χ4n) is 2.88. The van der Waals surface area contributed by atoms with Crippen LogP contribution < -0.4 is 0 Å². The van der Waals surface area contributed by atoms with E-state index in [0.29, 0.717) is 31.8 Å². The van der Waals surface area contributed by atoms with Crippen LogP contribution in [0.1, 0.15) is 25.7 Å². The number of tetrazole rings is 1. The lowest BCUT2D eigenvalue weighted by molar-refractivity contribution is -0.148. The maximum absolute atomic E-state index is 12.2. The van der Waals surface area contributed by atoms with E-state index in [1.54, 1.807) is 0 Å². The highest BCUT2D eigenvalue weighted by molar-refractivity contribution is 5.84. The number of hydrogen-bond donors (Lipinski definition) is 1. The molecular weight excluding hydrogens is 310 g/mol. The van der Waals surface area contributed by atoms with Crippen LogP contribution in [-0.4, -0.2) is 54.7 Å². The molecule has 8 heteroatoms. The number of carbonyl (C=O) groups excluding carboxylic acids is 1. The maximum Gasteiger partial charge on any atom is 0.326 e. The van der Waals surface area contributed by atoms with Crippen LogP contribution in [0.3, 0.4) is 0 Å². The number of aliphatic carboxylic acids is 1. The summed E-state index contributed by atoms with van der Waals surface area (Å²) < 4.78 is 0. The predicted molar refractivity (Wildman–Crippen MR) is 84.9 cm³/mol. The molecule has 1 fully saturated rings. The van der Waals surface area contributed by atoms with E-state index in [1.165, 1.54) is 9.70 Å². The van der Waals surface area contributed by atoms with Crippen LogP contribution in [-0.2, 0) is 16.1 Å². The van der Waals surface area contributed by atoms with E-state index in [0.717, 1.165) is 12.0 Å². The van der Waals surface area contributed by atoms with Crippen LogP contribution in [0.25, 0.3) is 11.4 Å². The fourth-order valence-corrected chi connectivity index (χ4v) is 2.88. The molecule has 1 aliphatic rings. The molecule has 1 atom stereocenters. The number of carboxylic acid groups (broad SMARTS) is 1. The van der Waals surface area contributed by atoms with Gasteiger partial charge in [0.2, 0.25) is 11.7 Å². The summed E-state index contributed by atoms with van der Waals surface area (Å²) in [6.07, 6.45) is 2.11. The number of carbonyl (C=O) groups is 2. The molecule has 0 spiro atoms. The Kier molecular flexibility index (Phi) is 4.83. The summed E-state index contributed by atoms with van der Waals surface area (Å²) >= 11 is 0. The van der Waals surface area contributed by atoms with Crippen molar-refractivity contribution >= 4 is 11.9 Å². The zero-order valence-corrected chi connectivity index (χ0v) is 13.2. The molecule has 1 aromatic carbocycles. The Hall–Kier alpha value is -2.77. The summed E-state index contributed by atoms with van der Waals surface area (Å²) in [7, 11) is 0. The molecule has 1 unspecified atom stereocenters. The largest absolute Gasteiger partial charge is 0.480 e. The van der Waals surface area contributed by atoms with E-state index in [4.69, 9.17) is 5.11 Å². The van der Waals surface area contributed by atoms with E-state index in [-0.39, 0.29) is 12.3 Å². The zero-order valence-electron chi connectivity index (χ0n) is 13.2. The van der Waals surface area contributed by atoms with E-state index in [1.807, 2.05) is 30.3 Å². The third-order valence-electron chi connectivity index (χ3n) is 4.09. The van der Waals surface area contributed by atoms with Gasteiger partial charge in [-0.1, -0.05) is 30.3 Å². The van der Waals surface area contributed by atoms with Crippen molar-refractivity contribution in [2.24, 2.45) is 0 Å². The van der Waals surface area contributed by atoms with Gasteiger partial charge in [0, 0.05) is 18.5 Å². The third kappa shape index (κ3) is 3.58. The Balaban J connectivity index is 1.51. The van der Waals surface area contributed by atoms with Gasteiger partial charge in [-0.25, -0.2) is 4.79 Å². The monoisotopic (exact) mass is 329 g/mol. The van der Waals surface area contributed by atoms with Gasteiger partial charge in [-0.15, -0.1) is 10.2 Å². The molecule has 1 aromatic heterocycles. The van der Waals surface area contributed by atoms with Crippen molar-refractivity contribution < 1.29 is 14.7 Å². The van der Waals surface area contributed by atoms with Crippen molar-refractivity contribution in [3.05, 3.63) is 30.3 Å². The minimum atomic E-state index is -0.925. The summed E-state index contributed by atoms with van der Waals surface area (Å²) in [6.45, 7) is 0.993. The molecule has 0 bridgehead atoms. The standard InChI is InChI=1S/C16H19N5O3/c22-14(20-10-4-8-13(20)16(23)24)9-5-11-21-18-15(17-19-21)12-6-2-1-3-7-12/h1-3,6-7,13H,4-5,8-11H2,(H,23,24). The van der Waals surface area contributed by atoms with E-state index in [9.17, 15) is 9.59 Å². The second-order valence-corrected chi connectivity index (χ2v) is 5.76. The smallest absolute Gasteiger partial charge is 0.326 e. The summed E-state index contributed by atoms with van der Waals surface area (Å²) in [4.78, 5) is 26.2. The Morgan fingerprint density at radius 1 is 1.25 bits per heavy atom. The van der Waals surface area contributed by atoms with E-state index in [2.05, 4.69) is 15.4 Å². The molecule has 0 aliphatic carbocycles. The van der Waals surface area contributed by atoms with Crippen molar-refractivity contribution in [3.63, 3.8) is 0 Å². The lowest BCUT2D eigenvalue weighted by Crippen LogP contribution is -2.40. The summed E-state index contributed by atoms with van der Waals surface area (Å²) in [5.41, 5.74) is 0.890. The quantitative estimate of drug-likeness (QED) is 0.854. The highest BCUT2D eigenvalue weighted by Crippen LogP contribution is 2.19. The number of likely N-dealkylation sites (tertiary alicyclic amines) is 1. The number of aromatic nitrogens is 4. The number of aryl methyl sites for hydroxylation is 1. The van der Waals surface area contributed by atoms with Gasteiger partial charge in [-0.05, 0) is 24.5 Å². The average Bonchev–Trinajstić information content (AvgIpc) is 3.25. The molecule has 2 aromatic rings. The molecule has 0 saturated carbocycles. The normalized spacial score (nSPS) is 17.2. The highest BCUT2D eigenvalue weighted by Gasteiger charge is 2.33. The van der Waals surface area contributed by atoms with Crippen molar-refractivity contribution in [1.82, 2.24) is 25.1 Å². The molecule has 1 amide bonds. The van der Waals surface area contributed by atoms with Crippen LogP contribution in [0.4, 0.5) is 0 Å². The summed E-state index contributed by atoms with van der Waals surface area (Å²) in [5.74, 6) is -0.498. The van der Waals surface area contributed by atoms with Gasteiger partial charge >= 0.3 is 5.97 Å². The van der Waals surface area contributed by atoms with Crippen molar-refractivity contribution in [2.45, 2.75) is 38.3 Å². The fraction of sp³-hybridized carbons (Fsp3) is 0.438. The number of amides is 1. The van der Waals surface area contributed by atoms with Crippen LogP contribution >= 0.6 is 0 Å². The number of rotatable bonds is 6. The molecule has 126 valence electrons. The maximum atomic E-state index is 12.2. The number of benzene rings is 1. The first-order valence-electron chi connectivity index (χ1n) is 8.00. The SMILES string of the molecule is O=C(O)C1CCCN1C(=O)CCCn1nnc(-c2ccccc2)n1. The second-order valence-electron chi connectivity index (χ2n) is 5.76. The Morgan fingerprint density at radius 3 is 2.79 bits per heavy atom. The van der Waals surface area contributed by atoms with Gasteiger partial charge in [-0.3, -0.25) is 4.79 Å². The molecule has 2 heterocycles. The third-order valence-corrected chi connectivity index (χ3v) is 4.09. The Bertz CT molecular complexity index is 716. The first kappa shape index (κ1) is 16.1. The topological polar surface area (TPSA) is 101 Å².